The molecule has 1 amide bonds. The first-order valence-corrected chi connectivity index (χ1v) is 8.35. The van der Waals surface area contributed by atoms with Crippen molar-refractivity contribution in [3.8, 4) is 0 Å². The molecule has 0 spiro atoms. The first-order chi connectivity index (χ1) is 12.2. The van der Waals surface area contributed by atoms with Crippen molar-refractivity contribution in [3.05, 3.63) is 94.6 Å². The molecule has 0 aliphatic carbocycles. The summed E-state index contributed by atoms with van der Waals surface area (Å²) >= 11 is 6.13. The largest absolute Gasteiger partial charge is 0.366 e. The molecule has 25 heavy (non-hydrogen) atoms. The number of carbonyl (C=O) groups is 1. The zero-order valence-corrected chi connectivity index (χ0v) is 14.3. The Kier molecular flexibility index (Phi) is 5.65. The Balaban J connectivity index is 1.54. The molecule has 0 radical (unpaired) electrons. The van der Waals surface area contributed by atoms with Crippen molar-refractivity contribution < 1.29 is 4.79 Å². The van der Waals surface area contributed by atoms with Crippen molar-refractivity contribution in [2.24, 2.45) is 0 Å². The number of halogens is 1. The zero-order valence-electron chi connectivity index (χ0n) is 13.6. The summed E-state index contributed by atoms with van der Waals surface area (Å²) in [5, 5.41) is 6.80. The zero-order chi connectivity index (χ0) is 17.5. The summed E-state index contributed by atoms with van der Waals surface area (Å²) in [6, 6.07) is 21.0. The predicted octanol–water partition coefficient (Wildman–Crippen LogP) is 4.28. The van der Waals surface area contributed by atoms with E-state index in [9.17, 15) is 4.79 Å². The quantitative estimate of drug-likeness (QED) is 0.697. The van der Waals surface area contributed by atoms with Crippen LogP contribution in [-0.2, 0) is 13.1 Å². The third kappa shape index (κ3) is 4.81. The topological polar surface area (TPSA) is 54.0 Å². The monoisotopic (exact) mass is 351 g/mol. The Morgan fingerprint density at radius 3 is 2.40 bits per heavy atom. The summed E-state index contributed by atoms with van der Waals surface area (Å²) in [5.74, 6) is 0.550. The average Bonchev–Trinajstić information content (AvgIpc) is 2.67. The molecule has 1 heterocycles. The number of nitrogens with one attached hydrogen (secondary N) is 2. The molecule has 2 aromatic carbocycles. The van der Waals surface area contributed by atoms with Crippen LogP contribution in [0.3, 0.4) is 0 Å². The molecule has 3 rings (SSSR count). The van der Waals surface area contributed by atoms with Gasteiger partial charge in [-0.1, -0.05) is 60.1 Å². The van der Waals surface area contributed by atoms with Gasteiger partial charge in [-0.15, -0.1) is 0 Å². The van der Waals surface area contributed by atoms with Gasteiger partial charge < -0.3 is 10.6 Å². The highest BCUT2D eigenvalue weighted by Gasteiger charge is 2.06. The third-order valence-corrected chi connectivity index (χ3v) is 4.11. The van der Waals surface area contributed by atoms with Crippen molar-refractivity contribution in [2.45, 2.75) is 13.1 Å². The van der Waals surface area contributed by atoms with E-state index in [0.29, 0.717) is 29.5 Å². The van der Waals surface area contributed by atoms with Crippen LogP contribution in [0, 0.1) is 0 Å². The van der Waals surface area contributed by atoms with Crippen LogP contribution in [0.5, 0.6) is 0 Å². The van der Waals surface area contributed by atoms with Gasteiger partial charge in [0.2, 0.25) is 0 Å². The summed E-state index contributed by atoms with van der Waals surface area (Å²) in [4.78, 5) is 16.4. The Labute approximate surface area is 151 Å². The lowest BCUT2D eigenvalue weighted by molar-refractivity contribution is 0.0950. The molecule has 3 aromatic rings. The molecule has 0 aliphatic heterocycles. The standard InChI is InChI=1S/C20H18ClN3O/c21-18-9-5-4-8-16(18)13-22-19-11-10-17(14-23-19)20(25)24-12-15-6-2-1-3-7-15/h1-11,14H,12-13H2,(H,22,23)(H,24,25). The van der Waals surface area contributed by atoms with Crippen LogP contribution in [0.4, 0.5) is 5.82 Å². The van der Waals surface area contributed by atoms with Crippen molar-refractivity contribution in [2.75, 3.05) is 5.32 Å². The third-order valence-electron chi connectivity index (χ3n) is 3.74. The second kappa shape index (κ2) is 8.31. The molecule has 0 atom stereocenters. The maximum Gasteiger partial charge on any atom is 0.253 e. The molecular weight excluding hydrogens is 334 g/mol. The lowest BCUT2D eigenvalue weighted by atomic mass is 10.2. The Morgan fingerprint density at radius 2 is 1.68 bits per heavy atom. The van der Waals surface area contributed by atoms with Crippen LogP contribution in [-0.4, -0.2) is 10.9 Å². The highest BCUT2D eigenvalue weighted by molar-refractivity contribution is 6.31. The number of amides is 1. The number of anilines is 1. The molecule has 0 fully saturated rings. The fourth-order valence-electron chi connectivity index (χ4n) is 2.34. The van der Waals surface area contributed by atoms with Gasteiger partial charge in [0.05, 0.1) is 5.56 Å². The Morgan fingerprint density at radius 1 is 0.920 bits per heavy atom. The summed E-state index contributed by atoms with van der Waals surface area (Å²) in [7, 11) is 0. The van der Waals surface area contributed by atoms with Gasteiger partial charge in [-0.25, -0.2) is 4.98 Å². The lowest BCUT2D eigenvalue weighted by Gasteiger charge is -2.08. The maximum absolute atomic E-state index is 12.2. The number of aromatic nitrogens is 1. The highest BCUT2D eigenvalue weighted by atomic mass is 35.5. The van der Waals surface area contributed by atoms with Crippen molar-refractivity contribution in [1.29, 1.82) is 0 Å². The first-order valence-electron chi connectivity index (χ1n) is 7.98. The predicted molar refractivity (Wildman–Crippen MR) is 101 cm³/mol. The van der Waals surface area contributed by atoms with E-state index < -0.39 is 0 Å². The van der Waals surface area contributed by atoms with E-state index in [1.165, 1.54) is 0 Å². The van der Waals surface area contributed by atoms with Gasteiger partial charge in [0.15, 0.2) is 0 Å². The normalized spacial score (nSPS) is 10.3. The lowest BCUT2D eigenvalue weighted by Crippen LogP contribution is -2.22. The number of carbonyl (C=O) groups excluding carboxylic acids is 1. The van der Waals surface area contributed by atoms with E-state index in [0.717, 1.165) is 11.1 Å². The average molecular weight is 352 g/mol. The van der Waals surface area contributed by atoms with Gasteiger partial charge in [0.1, 0.15) is 5.82 Å². The minimum absolute atomic E-state index is 0.144. The van der Waals surface area contributed by atoms with E-state index in [1.54, 1.807) is 18.3 Å². The second-order valence-electron chi connectivity index (χ2n) is 5.55. The molecule has 0 saturated heterocycles. The van der Waals surface area contributed by atoms with E-state index in [2.05, 4.69) is 15.6 Å². The van der Waals surface area contributed by atoms with Crippen molar-refractivity contribution in [1.82, 2.24) is 10.3 Å². The van der Waals surface area contributed by atoms with Gasteiger partial charge in [0, 0.05) is 24.3 Å². The van der Waals surface area contributed by atoms with E-state index in [-0.39, 0.29) is 5.91 Å². The summed E-state index contributed by atoms with van der Waals surface area (Å²) in [6.45, 7) is 1.07. The molecule has 0 aliphatic rings. The SMILES string of the molecule is O=C(NCc1ccccc1)c1ccc(NCc2ccccc2Cl)nc1. The van der Waals surface area contributed by atoms with Crippen molar-refractivity contribution in [3.63, 3.8) is 0 Å². The summed E-state index contributed by atoms with van der Waals surface area (Å²) < 4.78 is 0. The molecule has 0 bridgehead atoms. The number of pyridine rings is 1. The Hall–Kier alpha value is -2.85. The maximum atomic E-state index is 12.2. The van der Waals surface area contributed by atoms with Crippen LogP contribution in [0.2, 0.25) is 5.02 Å². The summed E-state index contributed by atoms with van der Waals surface area (Å²) in [5.41, 5.74) is 2.58. The minimum Gasteiger partial charge on any atom is -0.366 e. The number of hydrogen-bond acceptors (Lipinski definition) is 3. The molecular formula is C20H18ClN3O. The van der Waals surface area contributed by atoms with Gasteiger partial charge >= 0.3 is 0 Å². The van der Waals surface area contributed by atoms with Crippen LogP contribution < -0.4 is 10.6 Å². The summed E-state index contributed by atoms with van der Waals surface area (Å²) in [6.07, 6.45) is 1.56. The molecule has 2 N–H and O–H groups in total. The van der Waals surface area contributed by atoms with E-state index in [4.69, 9.17) is 11.6 Å². The molecule has 4 nitrogen and oxygen atoms in total. The first kappa shape index (κ1) is 17.0. The Bertz CT molecular complexity index is 835. The number of rotatable bonds is 6. The number of benzene rings is 2. The van der Waals surface area contributed by atoms with Crippen LogP contribution in [0.25, 0.3) is 0 Å². The van der Waals surface area contributed by atoms with E-state index >= 15 is 0 Å². The van der Waals surface area contributed by atoms with E-state index in [1.807, 2.05) is 54.6 Å². The molecule has 0 saturated carbocycles. The van der Waals surface area contributed by atoms with Crippen LogP contribution in [0.1, 0.15) is 21.5 Å². The fraction of sp³-hybridized carbons (Fsp3) is 0.100. The van der Waals surface area contributed by atoms with Crippen molar-refractivity contribution >= 4 is 23.3 Å². The smallest absolute Gasteiger partial charge is 0.253 e. The second-order valence-corrected chi connectivity index (χ2v) is 5.95. The molecule has 1 aromatic heterocycles. The van der Waals surface area contributed by atoms with Gasteiger partial charge in [0.25, 0.3) is 5.91 Å². The van der Waals surface area contributed by atoms with Gasteiger partial charge in [-0.3, -0.25) is 4.79 Å². The molecule has 0 unspecified atom stereocenters. The molecule has 5 heteroatoms. The van der Waals surface area contributed by atoms with Crippen LogP contribution >= 0.6 is 11.6 Å². The van der Waals surface area contributed by atoms with Gasteiger partial charge in [-0.05, 0) is 29.3 Å². The highest BCUT2D eigenvalue weighted by Crippen LogP contribution is 2.16. The minimum atomic E-state index is -0.144. The van der Waals surface area contributed by atoms with Gasteiger partial charge in [-0.2, -0.15) is 0 Å². The van der Waals surface area contributed by atoms with Crippen LogP contribution in [0.15, 0.2) is 72.9 Å². The number of hydrogen-bond donors (Lipinski definition) is 2. The number of nitrogens with zero attached hydrogens (tertiary/aromatic N) is 1. The fourth-order valence-corrected chi connectivity index (χ4v) is 2.54. The molecule has 126 valence electrons.